The van der Waals surface area contributed by atoms with Crippen LogP contribution in [0.15, 0.2) is 40.8 Å². The van der Waals surface area contributed by atoms with Crippen LogP contribution < -0.4 is 10.9 Å². The summed E-state index contributed by atoms with van der Waals surface area (Å²) in [5.41, 5.74) is 2.61. The zero-order valence-electron chi connectivity index (χ0n) is 15.4. The van der Waals surface area contributed by atoms with Crippen LogP contribution in [0.1, 0.15) is 5.56 Å². The molecule has 0 saturated heterocycles. The van der Waals surface area contributed by atoms with Gasteiger partial charge >= 0.3 is 0 Å². The van der Waals surface area contributed by atoms with Gasteiger partial charge in [-0.05, 0) is 12.5 Å². The van der Waals surface area contributed by atoms with Crippen LogP contribution in [0.3, 0.4) is 0 Å². The van der Waals surface area contributed by atoms with E-state index in [1.165, 1.54) is 27.1 Å². The smallest absolute Gasteiger partial charge is 0.263 e. The topological polar surface area (TPSA) is 84.3 Å². The van der Waals surface area contributed by atoms with Gasteiger partial charge in [-0.15, -0.1) is 11.3 Å². The molecule has 3 rings (SSSR count). The first-order chi connectivity index (χ1) is 12.9. The van der Waals surface area contributed by atoms with Gasteiger partial charge in [-0.25, -0.2) is 4.98 Å². The standard InChI is InChI=1S/C19H20N4O3S/c1-12-4-6-13(7-5-12)14-10-27-18-17(14)19(26)23(11-21-18)9-15(24)20-8-16(25)22(2)3/h4-7,10-11H,8-9H2,1-3H3,(H,20,24). The van der Waals surface area contributed by atoms with Crippen molar-refractivity contribution in [1.29, 1.82) is 0 Å². The van der Waals surface area contributed by atoms with Gasteiger partial charge in [0.2, 0.25) is 11.8 Å². The van der Waals surface area contributed by atoms with Crippen molar-refractivity contribution in [3.05, 3.63) is 51.9 Å². The number of hydrogen-bond acceptors (Lipinski definition) is 5. The number of fused-ring (bicyclic) bond motifs is 1. The Bertz CT molecular complexity index is 1050. The van der Waals surface area contributed by atoms with Crippen molar-refractivity contribution in [3.63, 3.8) is 0 Å². The van der Waals surface area contributed by atoms with Crippen LogP contribution in [-0.2, 0) is 16.1 Å². The molecule has 3 aromatic rings. The minimum absolute atomic E-state index is 0.108. The first kappa shape index (κ1) is 18.8. The van der Waals surface area contributed by atoms with Crippen molar-refractivity contribution >= 4 is 33.4 Å². The molecular weight excluding hydrogens is 364 g/mol. The van der Waals surface area contributed by atoms with Crippen molar-refractivity contribution in [1.82, 2.24) is 19.8 Å². The van der Waals surface area contributed by atoms with Gasteiger partial charge < -0.3 is 10.2 Å². The van der Waals surface area contributed by atoms with Gasteiger partial charge in [-0.1, -0.05) is 29.8 Å². The summed E-state index contributed by atoms with van der Waals surface area (Å²) >= 11 is 1.40. The van der Waals surface area contributed by atoms with E-state index in [1.54, 1.807) is 14.1 Å². The van der Waals surface area contributed by atoms with E-state index in [0.717, 1.165) is 16.7 Å². The molecule has 2 amide bonds. The average Bonchev–Trinajstić information content (AvgIpc) is 3.07. The van der Waals surface area contributed by atoms with Gasteiger partial charge in [-0.3, -0.25) is 19.0 Å². The van der Waals surface area contributed by atoms with Crippen LogP contribution in [0.5, 0.6) is 0 Å². The fraction of sp³-hybridized carbons (Fsp3) is 0.263. The van der Waals surface area contributed by atoms with Gasteiger partial charge in [-0.2, -0.15) is 0 Å². The van der Waals surface area contributed by atoms with Crippen LogP contribution >= 0.6 is 11.3 Å². The van der Waals surface area contributed by atoms with E-state index in [1.807, 2.05) is 36.6 Å². The van der Waals surface area contributed by atoms with E-state index >= 15 is 0 Å². The molecule has 0 unspecified atom stereocenters. The maximum atomic E-state index is 12.9. The summed E-state index contributed by atoms with van der Waals surface area (Å²) in [4.78, 5) is 42.9. The van der Waals surface area contributed by atoms with Gasteiger partial charge in [0.1, 0.15) is 11.4 Å². The number of nitrogens with zero attached hydrogens (tertiary/aromatic N) is 3. The second kappa shape index (κ2) is 7.71. The normalized spacial score (nSPS) is 10.8. The third-order valence-corrected chi connectivity index (χ3v) is 5.06. The lowest BCUT2D eigenvalue weighted by Gasteiger charge is -2.11. The SMILES string of the molecule is Cc1ccc(-c2csc3ncn(CC(=O)NCC(=O)N(C)C)c(=O)c23)cc1. The van der Waals surface area contributed by atoms with Crippen LogP contribution in [0.2, 0.25) is 0 Å². The lowest BCUT2D eigenvalue weighted by atomic mass is 10.1. The van der Waals surface area contributed by atoms with E-state index in [2.05, 4.69) is 10.3 Å². The van der Waals surface area contributed by atoms with E-state index in [4.69, 9.17) is 0 Å². The Kier molecular flexibility index (Phi) is 5.36. The number of aryl methyl sites for hydroxylation is 1. The van der Waals surface area contributed by atoms with Crippen molar-refractivity contribution in [3.8, 4) is 11.1 Å². The van der Waals surface area contributed by atoms with Crippen molar-refractivity contribution < 1.29 is 9.59 Å². The molecule has 27 heavy (non-hydrogen) atoms. The van der Waals surface area contributed by atoms with E-state index in [9.17, 15) is 14.4 Å². The molecule has 7 nitrogen and oxygen atoms in total. The van der Waals surface area contributed by atoms with Crippen LogP contribution in [0.4, 0.5) is 0 Å². The molecule has 0 atom stereocenters. The Morgan fingerprint density at radius 1 is 1.22 bits per heavy atom. The van der Waals surface area contributed by atoms with Gasteiger partial charge in [0, 0.05) is 25.0 Å². The van der Waals surface area contributed by atoms with Crippen molar-refractivity contribution in [2.75, 3.05) is 20.6 Å². The Labute approximate surface area is 160 Å². The fourth-order valence-electron chi connectivity index (χ4n) is 2.57. The Morgan fingerprint density at radius 3 is 2.59 bits per heavy atom. The van der Waals surface area contributed by atoms with E-state index in [0.29, 0.717) is 10.2 Å². The van der Waals surface area contributed by atoms with Crippen LogP contribution in [0, 0.1) is 6.92 Å². The summed E-state index contributed by atoms with van der Waals surface area (Å²) in [6.45, 7) is 1.71. The van der Waals surface area contributed by atoms with Crippen LogP contribution in [0.25, 0.3) is 21.3 Å². The molecule has 1 aromatic carbocycles. The highest BCUT2D eigenvalue weighted by molar-refractivity contribution is 7.17. The second-order valence-corrected chi connectivity index (χ2v) is 7.30. The Hall–Kier alpha value is -3.00. The summed E-state index contributed by atoms with van der Waals surface area (Å²) in [5.74, 6) is -0.635. The lowest BCUT2D eigenvalue weighted by Crippen LogP contribution is -2.39. The van der Waals surface area contributed by atoms with Crippen molar-refractivity contribution in [2.45, 2.75) is 13.5 Å². The molecule has 140 valence electrons. The second-order valence-electron chi connectivity index (χ2n) is 6.44. The molecule has 0 spiro atoms. The van der Waals surface area contributed by atoms with Crippen LogP contribution in [-0.4, -0.2) is 46.9 Å². The molecule has 0 fully saturated rings. The maximum absolute atomic E-state index is 12.9. The number of benzene rings is 1. The molecule has 2 heterocycles. The number of aromatic nitrogens is 2. The third kappa shape index (κ3) is 4.06. The minimum Gasteiger partial charge on any atom is -0.347 e. The zero-order valence-corrected chi connectivity index (χ0v) is 16.2. The number of carbonyl (C=O) groups is 2. The molecule has 0 bridgehead atoms. The molecule has 0 aliphatic heterocycles. The maximum Gasteiger partial charge on any atom is 0.263 e. The quantitative estimate of drug-likeness (QED) is 0.725. The molecule has 2 aromatic heterocycles. The fourth-order valence-corrected chi connectivity index (χ4v) is 3.48. The number of nitrogens with one attached hydrogen (secondary N) is 1. The largest absolute Gasteiger partial charge is 0.347 e. The highest BCUT2D eigenvalue weighted by atomic mass is 32.1. The molecule has 0 aliphatic rings. The number of rotatable bonds is 5. The molecule has 8 heteroatoms. The summed E-state index contributed by atoms with van der Waals surface area (Å²) in [6.07, 6.45) is 1.37. The Morgan fingerprint density at radius 2 is 1.93 bits per heavy atom. The summed E-state index contributed by atoms with van der Waals surface area (Å²) in [5, 5.41) is 4.93. The third-order valence-electron chi connectivity index (χ3n) is 4.17. The number of likely N-dealkylation sites (N-methyl/N-ethyl adjacent to an activating group) is 1. The van der Waals surface area contributed by atoms with Gasteiger partial charge in [0.15, 0.2) is 0 Å². The molecule has 0 radical (unpaired) electrons. The lowest BCUT2D eigenvalue weighted by molar-refractivity contribution is -0.131. The van der Waals surface area contributed by atoms with Gasteiger partial charge in [0.25, 0.3) is 5.56 Å². The predicted octanol–water partition coefficient (Wildman–Crippen LogP) is 1.64. The zero-order chi connectivity index (χ0) is 19.6. The average molecular weight is 384 g/mol. The summed E-state index contributed by atoms with van der Waals surface area (Å²) in [7, 11) is 3.22. The highest BCUT2D eigenvalue weighted by Crippen LogP contribution is 2.30. The summed E-state index contributed by atoms with van der Waals surface area (Å²) < 4.78 is 1.27. The molecule has 0 aliphatic carbocycles. The molecule has 1 N–H and O–H groups in total. The van der Waals surface area contributed by atoms with Crippen molar-refractivity contribution in [2.24, 2.45) is 0 Å². The number of carbonyl (C=O) groups excluding carboxylic acids is 2. The molecule has 0 saturated carbocycles. The monoisotopic (exact) mass is 384 g/mol. The first-order valence-corrected chi connectivity index (χ1v) is 9.25. The number of amides is 2. The number of hydrogen-bond donors (Lipinski definition) is 1. The number of thiophene rings is 1. The Balaban J connectivity index is 1.87. The van der Waals surface area contributed by atoms with E-state index in [-0.39, 0.29) is 24.6 Å². The first-order valence-electron chi connectivity index (χ1n) is 8.37. The van der Waals surface area contributed by atoms with Gasteiger partial charge in [0.05, 0.1) is 18.3 Å². The predicted molar refractivity (Wildman–Crippen MR) is 106 cm³/mol. The molecular formula is C19H20N4O3S. The summed E-state index contributed by atoms with van der Waals surface area (Å²) in [6, 6.07) is 7.91. The van der Waals surface area contributed by atoms with E-state index < -0.39 is 5.91 Å². The minimum atomic E-state index is -0.416. The highest BCUT2D eigenvalue weighted by Gasteiger charge is 2.15.